The SMILES string of the molecule is CCN(C(=O)OC(C)(C)C)[C@@H](C)C(=O)N[C@H](C(=O)N1C[C@H]2CCCN2C[C@H]1C(=O)N[C@@H]1CCOc2ccccc21)C1CCCCC1. The van der Waals surface area contributed by atoms with Crippen molar-refractivity contribution in [2.24, 2.45) is 5.92 Å². The zero-order valence-electron chi connectivity index (χ0n) is 28.3. The van der Waals surface area contributed by atoms with E-state index in [4.69, 9.17) is 9.47 Å². The Bertz CT molecular complexity index is 1260. The summed E-state index contributed by atoms with van der Waals surface area (Å²) in [4.78, 5) is 61.0. The van der Waals surface area contributed by atoms with Gasteiger partial charge < -0.3 is 25.0 Å². The standard InChI is InChI=1S/C35H53N5O6/c1-6-39(34(44)46-35(3,4)5)23(2)31(41)37-30(24-13-8-7-9-14-24)33(43)40-21-25-15-12-19-38(25)22-28(40)32(42)36-27-18-20-45-29-17-11-10-16-26(27)29/h10-11,16-17,23-25,27-28,30H,6-9,12-15,18-22H2,1-5H3,(H,36,42)(H,37,41)/t23-,25+,27+,28-,30-/m0/s1. The number of ether oxygens (including phenoxy) is 2. The highest BCUT2D eigenvalue weighted by Crippen LogP contribution is 2.34. The third-order valence-electron chi connectivity index (χ3n) is 10.1. The van der Waals surface area contributed by atoms with E-state index in [2.05, 4.69) is 15.5 Å². The third kappa shape index (κ3) is 7.78. The summed E-state index contributed by atoms with van der Waals surface area (Å²) in [5.74, 6) is -0.0361. The van der Waals surface area contributed by atoms with Crippen LogP contribution < -0.4 is 15.4 Å². The van der Waals surface area contributed by atoms with Crippen molar-refractivity contribution in [2.45, 2.75) is 122 Å². The first-order chi connectivity index (χ1) is 22.0. The van der Waals surface area contributed by atoms with Crippen LogP contribution in [0.4, 0.5) is 4.79 Å². The predicted octanol–water partition coefficient (Wildman–Crippen LogP) is 4.01. The fourth-order valence-corrected chi connectivity index (χ4v) is 7.57. The van der Waals surface area contributed by atoms with Crippen molar-refractivity contribution in [2.75, 3.05) is 32.8 Å². The quantitative estimate of drug-likeness (QED) is 0.441. The topological polar surface area (TPSA) is 121 Å². The number of hydrogen-bond acceptors (Lipinski definition) is 7. The number of amides is 4. The highest BCUT2D eigenvalue weighted by atomic mass is 16.6. The van der Waals surface area contributed by atoms with E-state index < -0.39 is 35.7 Å². The lowest BCUT2D eigenvalue weighted by molar-refractivity contribution is -0.150. The van der Waals surface area contributed by atoms with E-state index in [1.165, 1.54) is 4.90 Å². The van der Waals surface area contributed by atoms with E-state index in [1.807, 2.05) is 24.3 Å². The van der Waals surface area contributed by atoms with Gasteiger partial charge in [-0.05, 0) is 78.8 Å². The average Bonchev–Trinajstić information content (AvgIpc) is 3.50. The monoisotopic (exact) mass is 639 g/mol. The second-order valence-corrected chi connectivity index (χ2v) is 14.4. The Morgan fingerprint density at radius 1 is 1.02 bits per heavy atom. The lowest BCUT2D eigenvalue weighted by Gasteiger charge is -2.45. The maximum Gasteiger partial charge on any atom is 0.410 e. The molecule has 4 aliphatic rings. The van der Waals surface area contributed by atoms with E-state index in [1.54, 1.807) is 39.5 Å². The predicted molar refractivity (Wildman–Crippen MR) is 174 cm³/mol. The Kier molecular flexibility index (Phi) is 10.8. The summed E-state index contributed by atoms with van der Waals surface area (Å²) in [6.45, 7) is 11.5. The van der Waals surface area contributed by atoms with Gasteiger partial charge in [0.2, 0.25) is 17.7 Å². The number of carbonyl (C=O) groups excluding carboxylic acids is 4. The molecule has 2 N–H and O–H groups in total. The summed E-state index contributed by atoms with van der Waals surface area (Å²) >= 11 is 0. The molecule has 3 fully saturated rings. The maximum atomic E-state index is 14.7. The van der Waals surface area contributed by atoms with Crippen molar-refractivity contribution in [3.63, 3.8) is 0 Å². The number of carbonyl (C=O) groups is 4. The highest BCUT2D eigenvalue weighted by molar-refractivity contribution is 5.94. The van der Waals surface area contributed by atoms with Crippen molar-refractivity contribution in [3.05, 3.63) is 29.8 Å². The molecule has 46 heavy (non-hydrogen) atoms. The molecule has 0 radical (unpaired) electrons. The molecule has 5 atom stereocenters. The number of hydrogen-bond donors (Lipinski definition) is 2. The van der Waals surface area contributed by atoms with Gasteiger partial charge in [-0.15, -0.1) is 0 Å². The van der Waals surface area contributed by atoms with Gasteiger partial charge in [-0.1, -0.05) is 37.5 Å². The number of rotatable bonds is 8. The molecule has 4 amide bonds. The van der Waals surface area contributed by atoms with E-state index in [0.29, 0.717) is 26.1 Å². The molecule has 0 spiro atoms. The summed E-state index contributed by atoms with van der Waals surface area (Å²) in [5.41, 5.74) is 0.244. The molecule has 3 aliphatic heterocycles. The Hall–Kier alpha value is -3.34. The highest BCUT2D eigenvalue weighted by Gasteiger charge is 2.46. The van der Waals surface area contributed by atoms with Crippen LogP contribution in [0.25, 0.3) is 0 Å². The molecule has 1 aromatic rings. The van der Waals surface area contributed by atoms with Gasteiger partial charge in [-0.2, -0.15) is 0 Å². The van der Waals surface area contributed by atoms with Gasteiger partial charge in [-0.25, -0.2) is 4.79 Å². The van der Waals surface area contributed by atoms with E-state index >= 15 is 0 Å². The molecule has 1 saturated carbocycles. The van der Waals surface area contributed by atoms with E-state index in [9.17, 15) is 19.2 Å². The normalized spacial score (nSPS) is 24.9. The van der Waals surface area contributed by atoms with Gasteiger partial charge in [0.05, 0.1) is 12.6 Å². The molecule has 1 aromatic carbocycles. The fourth-order valence-electron chi connectivity index (χ4n) is 7.57. The zero-order chi connectivity index (χ0) is 33.0. The summed E-state index contributed by atoms with van der Waals surface area (Å²) < 4.78 is 11.4. The number of benzene rings is 1. The van der Waals surface area contributed by atoms with E-state index in [0.717, 1.165) is 62.8 Å². The van der Waals surface area contributed by atoms with Crippen LogP contribution in [0.2, 0.25) is 0 Å². The van der Waals surface area contributed by atoms with Crippen LogP contribution in [-0.2, 0) is 19.1 Å². The van der Waals surface area contributed by atoms with Gasteiger partial charge in [-0.3, -0.25) is 24.2 Å². The average molecular weight is 640 g/mol. The molecule has 5 rings (SSSR count). The van der Waals surface area contributed by atoms with Crippen molar-refractivity contribution >= 4 is 23.8 Å². The minimum absolute atomic E-state index is 0.0401. The van der Waals surface area contributed by atoms with Crippen LogP contribution in [0.15, 0.2) is 24.3 Å². The summed E-state index contributed by atoms with van der Waals surface area (Å²) in [6, 6.07) is 5.47. The third-order valence-corrected chi connectivity index (χ3v) is 10.1. The minimum atomic E-state index is -0.835. The summed E-state index contributed by atoms with van der Waals surface area (Å²) in [5, 5.41) is 6.34. The van der Waals surface area contributed by atoms with Crippen molar-refractivity contribution in [1.29, 1.82) is 0 Å². The lowest BCUT2D eigenvalue weighted by Crippen LogP contribution is -2.66. The molecule has 254 valence electrons. The largest absolute Gasteiger partial charge is 0.493 e. The molecule has 11 nitrogen and oxygen atoms in total. The van der Waals surface area contributed by atoms with Crippen molar-refractivity contribution < 1.29 is 28.7 Å². The van der Waals surface area contributed by atoms with Crippen LogP contribution in [0, 0.1) is 5.92 Å². The number of nitrogens with one attached hydrogen (secondary N) is 2. The Balaban J connectivity index is 1.37. The van der Waals surface area contributed by atoms with Crippen molar-refractivity contribution in [1.82, 2.24) is 25.3 Å². The molecule has 0 aromatic heterocycles. The Morgan fingerprint density at radius 2 is 1.76 bits per heavy atom. The van der Waals surface area contributed by atoms with Crippen LogP contribution in [-0.4, -0.2) is 101 Å². The first-order valence-electron chi connectivity index (χ1n) is 17.3. The lowest BCUT2D eigenvalue weighted by atomic mass is 9.82. The van der Waals surface area contributed by atoms with Crippen molar-refractivity contribution in [3.8, 4) is 5.75 Å². The zero-order valence-corrected chi connectivity index (χ0v) is 28.3. The maximum absolute atomic E-state index is 14.7. The van der Waals surface area contributed by atoms with Crippen LogP contribution in [0.3, 0.4) is 0 Å². The Morgan fingerprint density at radius 3 is 2.48 bits per heavy atom. The summed E-state index contributed by atoms with van der Waals surface area (Å²) in [7, 11) is 0. The fraction of sp³-hybridized carbons (Fsp3) is 0.714. The minimum Gasteiger partial charge on any atom is -0.493 e. The van der Waals surface area contributed by atoms with Crippen LogP contribution >= 0.6 is 0 Å². The van der Waals surface area contributed by atoms with Gasteiger partial charge in [0, 0.05) is 37.7 Å². The smallest absolute Gasteiger partial charge is 0.410 e. The van der Waals surface area contributed by atoms with Crippen LogP contribution in [0.5, 0.6) is 5.75 Å². The number of para-hydroxylation sites is 1. The second-order valence-electron chi connectivity index (χ2n) is 14.4. The number of likely N-dealkylation sites (N-methyl/N-ethyl adjacent to an activating group) is 1. The van der Waals surface area contributed by atoms with Gasteiger partial charge in [0.15, 0.2) is 0 Å². The molecule has 2 saturated heterocycles. The number of fused-ring (bicyclic) bond motifs is 2. The molecule has 11 heteroatoms. The van der Waals surface area contributed by atoms with Gasteiger partial charge >= 0.3 is 6.09 Å². The molecule has 3 heterocycles. The number of piperazine rings is 1. The first kappa shape index (κ1) is 34.0. The molecule has 0 unspecified atom stereocenters. The van der Waals surface area contributed by atoms with Gasteiger partial charge in [0.25, 0.3) is 0 Å². The molecular formula is C35H53N5O6. The van der Waals surface area contributed by atoms with Crippen LogP contribution in [0.1, 0.15) is 97.6 Å². The molecule has 1 aliphatic carbocycles. The molecule has 0 bridgehead atoms. The number of nitrogens with zero attached hydrogens (tertiary/aromatic N) is 3. The first-order valence-corrected chi connectivity index (χ1v) is 17.3. The van der Waals surface area contributed by atoms with Gasteiger partial charge in [0.1, 0.15) is 29.5 Å². The Labute approximate surface area is 273 Å². The van der Waals surface area contributed by atoms with E-state index in [-0.39, 0.29) is 36.4 Å². The summed E-state index contributed by atoms with van der Waals surface area (Å²) in [6.07, 6.45) is 6.83. The molecular weight excluding hydrogens is 586 g/mol. The second kappa shape index (κ2) is 14.6.